The van der Waals surface area contributed by atoms with E-state index in [1.807, 2.05) is 38.1 Å². The summed E-state index contributed by atoms with van der Waals surface area (Å²) < 4.78 is 16.4. The summed E-state index contributed by atoms with van der Waals surface area (Å²) in [4.78, 5) is 37.3. The second-order valence-electron chi connectivity index (χ2n) is 10.1. The number of amides is 2. The molecule has 0 fully saturated rings. The maximum atomic E-state index is 12.0. The Balaban J connectivity index is 1.79. The van der Waals surface area contributed by atoms with Crippen LogP contribution in [0.15, 0.2) is 54.6 Å². The highest BCUT2D eigenvalue weighted by Gasteiger charge is 2.19. The Hall–Kier alpha value is -4.41. The number of ether oxygens (including phenoxy) is 3. The number of aryl methyl sites for hydroxylation is 2. The Morgan fingerprint density at radius 1 is 0.929 bits per heavy atom. The van der Waals surface area contributed by atoms with Crippen LogP contribution in [0, 0.1) is 13.8 Å². The highest BCUT2D eigenvalue weighted by Crippen LogP contribution is 2.34. The van der Waals surface area contributed by atoms with Gasteiger partial charge in [0.25, 0.3) is 0 Å². The minimum atomic E-state index is -0.944. The van der Waals surface area contributed by atoms with E-state index in [4.69, 9.17) is 14.2 Å². The van der Waals surface area contributed by atoms with Gasteiger partial charge in [-0.25, -0.2) is 4.79 Å². The third kappa shape index (κ3) is 9.05. The monoisotopic (exact) mass is 577 g/mol. The van der Waals surface area contributed by atoms with Crippen LogP contribution in [-0.4, -0.2) is 54.2 Å². The molecule has 3 aromatic carbocycles. The first-order valence-electron chi connectivity index (χ1n) is 13.7. The molecule has 2 amide bonds. The molecule has 0 heterocycles. The van der Waals surface area contributed by atoms with Gasteiger partial charge in [0, 0.05) is 50.1 Å². The molecule has 0 saturated carbocycles. The van der Waals surface area contributed by atoms with Crippen LogP contribution in [0.5, 0.6) is 17.2 Å². The molecule has 10 heteroatoms. The molecule has 3 N–H and O–H groups in total. The van der Waals surface area contributed by atoms with Gasteiger partial charge in [-0.05, 0) is 86.8 Å². The summed E-state index contributed by atoms with van der Waals surface area (Å²) in [6.07, 6.45) is 0. The first-order valence-corrected chi connectivity index (χ1v) is 13.7. The minimum absolute atomic E-state index is 0.0378. The van der Waals surface area contributed by atoms with Crippen molar-refractivity contribution in [3.8, 4) is 17.2 Å². The van der Waals surface area contributed by atoms with Crippen molar-refractivity contribution in [3.63, 3.8) is 0 Å². The average molecular weight is 578 g/mol. The van der Waals surface area contributed by atoms with E-state index in [2.05, 4.69) is 22.5 Å². The van der Waals surface area contributed by atoms with E-state index in [0.717, 1.165) is 22.4 Å². The molecule has 1 unspecified atom stereocenters. The van der Waals surface area contributed by atoms with Crippen LogP contribution in [0.4, 0.5) is 11.4 Å². The normalized spacial score (nSPS) is 11.6. The quantitative estimate of drug-likeness (QED) is 0.196. The third-order valence-corrected chi connectivity index (χ3v) is 6.51. The molecule has 3 aromatic rings. The number of benzene rings is 3. The number of nitrogens with zero attached hydrogens (tertiary/aromatic N) is 1. The number of phenols is 1. The Morgan fingerprint density at radius 3 is 2.19 bits per heavy atom. The van der Waals surface area contributed by atoms with Crippen LogP contribution in [0.3, 0.4) is 0 Å². The van der Waals surface area contributed by atoms with E-state index in [0.29, 0.717) is 42.4 Å². The summed E-state index contributed by atoms with van der Waals surface area (Å²) in [5.74, 6) is -0.633. The van der Waals surface area contributed by atoms with Gasteiger partial charge in [0.1, 0.15) is 17.2 Å². The highest BCUT2D eigenvalue weighted by atomic mass is 16.5. The predicted octanol–water partition coefficient (Wildman–Crippen LogP) is 5.30. The molecule has 224 valence electrons. The maximum Gasteiger partial charge on any atom is 0.397 e. The van der Waals surface area contributed by atoms with Crippen LogP contribution in [0.1, 0.15) is 43.0 Å². The minimum Gasteiger partial charge on any atom is -0.508 e. The fourth-order valence-electron chi connectivity index (χ4n) is 4.50. The zero-order chi connectivity index (χ0) is 30.8. The van der Waals surface area contributed by atoms with Crippen molar-refractivity contribution in [1.82, 2.24) is 4.90 Å². The number of aromatic hydroxyl groups is 1. The molecule has 3 rings (SSSR count). The molecule has 1 atom stereocenters. The maximum absolute atomic E-state index is 12.0. The lowest BCUT2D eigenvalue weighted by Gasteiger charge is -2.29. The summed E-state index contributed by atoms with van der Waals surface area (Å²) in [5, 5.41) is 16.1. The third-order valence-electron chi connectivity index (χ3n) is 6.51. The molecule has 0 radical (unpaired) electrons. The van der Waals surface area contributed by atoms with Crippen molar-refractivity contribution in [2.45, 2.75) is 53.8 Å². The van der Waals surface area contributed by atoms with Crippen molar-refractivity contribution < 1.29 is 33.7 Å². The topological polar surface area (TPSA) is 126 Å². The van der Waals surface area contributed by atoms with E-state index in [1.165, 1.54) is 6.92 Å². The van der Waals surface area contributed by atoms with Crippen LogP contribution < -0.4 is 15.4 Å². The molecule has 0 aromatic heterocycles. The van der Waals surface area contributed by atoms with Crippen molar-refractivity contribution in [3.05, 3.63) is 76.9 Å². The van der Waals surface area contributed by atoms with Gasteiger partial charge in [0.2, 0.25) is 5.91 Å². The van der Waals surface area contributed by atoms with Gasteiger partial charge in [-0.2, -0.15) is 0 Å². The zero-order valence-electron chi connectivity index (χ0n) is 24.9. The number of hydrogen-bond donors (Lipinski definition) is 3. The highest BCUT2D eigenvalue weighted by molar-refractivity contribution is 6.37. The number of esters is 1. The van der Waals surface area contributed by atoms with Gasteiger partial charge in [-0.15, -0.1) is 0 Å². The Kier molecular flexibility index (Phi) is 11.5. The van der Waals surface area contributed by atoms with E-state index in [1.54, 1.807) is 44.4 Å². The standard InChI is InChI=1S/C32H39N3O7/c1-7-41-32(39)31(38)34-27-14-20(2)30(21(3)15-27)42-28-12-13-29(37)25(16-28)18-35(22(4)19-40-6)17-24-8-10-26(11-9-24)33-23(5)36/h8-16,22,37H,7,17-19H2,1-6H3,(H,33,36)(H,34,38). The largest absolute Gasteiger partial charge is 0.508 e. The molecule has 0 aliphatic carbocycles. The molecule has 0 aliphatic rings. The van der Waals surface area contributed by atoms with E-state index < -0.39 is 11.9 Å². The van der Waals surface area contributed by atoms with Crippen molar-refractivity contribution in [2.75, 3.05) is 31.0 Å². The fraction of sp³-hybridized carbons (Fsp3) is 0.344. The molecule has 0 bridgehead atoms. The van der Waals surface area contributed by atoms with Gasteiger partial charge in [-0.3, -0.25) is 14.5 Å². The van der Waals surface area contributed by atoms with Gasteiger partial charge >= 0.3 is 11.9 Å². The Morgan fingerprint density at radius 2 is 1.60 bits per heavy atom. The number of methoxy groups -OCH3 is 1. The fourth-order valence-corrected chi connectivity index (χ4v) is 4.50. The molecular weight excluding hydrogens is 538 g/mol. The molecule has 0 spiro atoms. The van der Waals surface area contributed by atoms with E-state index >= 15 is 0 Å². The van der Waals surface area contributed by atoms with Gasteiger partial charge in [0.15, 0.2) is 0 Å². The van der Waals surface area contributed by atoms with Crippen molar-refractivity contribution >= 4 is 29.2 Å². The smallest absolute Gasteiger partial charge is 0.397 e. The summed E-state index contributed by atoms with van der Waals surface area (Å²) in [5.41, 5.74) is 4.41. The SMILES string of the molecule is CCOC(=O)C(=O)Nc1cc(C)c(Oc2ccc(O)c(CN(Cc3ccc(NC(C)=O)cc3)C(C)COC)c2)c(C)c1. The molecule has 0 saturated heterocycles. The Labute approximate surface area is 246 Å². The van der Waals surface area contributed by atoms with Crippen molar-refractivity contribution in [2.24, 2.45) is 0 Å². The number of hydrogen-bond acceptors (Lipinski definition) is 8. The number of nitrogens with one attached hydrogen (secondary N) is 2. The number of phenolic OH excluding ortho intramolecular Hbond substituents is 1. The second kappa shape index (κ2) is 15.0. The number of anilines is 2. The van der Waals surface area contributed by atoms with Gasteiger partial charge in [-0.1, -0.05) is 12.1 Å². The lowest BCUT2D eigenvalue weighted by Crippen LogP contribution is -2.35. The number of rotatable bonds is 12. The molecular formula is C32H39N3O7. The van der Waals surface area contributed by atoms with Crippen LogP contribution in [0.25, 0.3) is 0 Å². The molecule has 10 nitrogen and oxygen atoms in total. The summed E-state index contributed by atoms with van der Waals surface area (Å²) in [6.45, 7) is 10.5. The van der Waals surface area contributed by atoms with Gasteiger partial charge in [0.05, 0.1) is 13.2 Å². The Bertz CT molecular complexity index is 1380. The zero-order valence-corrected chi connectivity index (χ0v) is 24.9. The number of carbonyl (C=O) groups excluding carboxylic acids is 3. The van der Waals surface area contributed by atoms with E-state index in [9.17, 15) is 19.5 Å². The van der Waals surface area contributed by atoms with Crippen molar-refractivity contribution in [1.29, 1.82) is 0 Å². The van der Waals surface area contributed by atoms with Crippen LogP contribution >= 0.6 is 0 Å². The average Bonchev–Trinajstić information content (AvgIpc) is 2.93. The lowest BCUT2D eigenvalue weighted by atomic mass is 10.1. The summed E-state index contributed by atoms with van der Waals surface area (Å²) in [7, 11) is 1.65. The second-order valence-corrected chi connectivity index (χ2v) is 10.1. The first kappa shape index (κ1) is 32.1. The lowest BCUT2D eigenvalue weighted by molar-refractivity contribution is -0.152. The van der Waals surface area contributed by atoms with Gasteiger partial charge < -0.3 is 30.0 Å². The molecule has 0 aliphatic heterocycles. The summed E-state index contributed by atoms with van der Waals surface area (Å²) >= 11 is 0. The number of carbonyl (C=O) groups is 3. The predicted molar refractivity (Wildman–Crippen MR) is 161 cm³/mol. The first-order chi connectivity index (χ1) is 20.0. The van der Waals surface area contributed by atoms with Crippen LogP contribution in [-0.2, 0) is 36.9 Å². The van der Waals surface area contributed by atoms with Crippen LogP contribution in [0.2, 0.25) is 0 Å². The molecule has 42 heavy (non-hydrogen) atoms. The summed E-state index contributed by atoms with van der Waals surface area (Å²) in [6, 6.07) is 16.2. The van der Waals surface area contributed by atoms with E-state index in [-0.39, 0.29) is 24.3 Å².